The van der Waals surface area contributed by atoms with E-state index in [4.69, 9.17) is 5.26 Å². The molecular weight excluding hydrogens is 260 g/mol. The van der Waals surface area contributed by atoms with Crippen LogP contribution < -0.4 is 9.64 Å². The fourth-order valence-corrected chi connectivity index (χ4v) is 1.43. The minimum atomic E-state index is -3.14. The molecule has 6 nitrogen and oxygen atoms in total. The van der Waals surface area contributed by atoms with E-state index in [1.54, 1.807) is 11.9 Å². The molecule has 0 aliphatic heterocycles. The number of rotatable bonds is 6. The predicted octanol–water partition coefficient (Wildman–Crippen LogP) is 2.55. The molecule has 0 bridgehead atoms. The van der Waals surface area contributed by atoms with Crippen LogP contribution in [-0.4, -0.2) is 25.1 Å². The molecule has 1 rings (SSSR count). The van der Waals surface area contributed by atoms with Crippen molar-refractivity contribution in [1.82, 2.24) is 0 Å². The van der Waals surface area contributed by atoms with Gasteiger partial charge in [0.15, 0.2) is 0 Å². The molecule has 0 saturated carbocycles. The first-order chi connectivity index (χ1) is 8.95. The second-order valence-electron chi connectivity index (χ2n) is 3.62. The Hall–Kier alpha value is -2.43. The summed E-state index contributed by atoms with van der Waals surface area (Å²) in [5, 5.41) is 19.1. The van der Waals surface area contributed by atoms with Crippen LogP contribution >= 0.6 is 0 Å². The summed E-state index contributed by atoms with van der Waals surface area (Å²) < 4.78 is 28.5. The van der Waals surface area contributed by atoms with Crippen LogP contribution in [0.5, 0.6) is 5.75 Å². The molecule has 0 heterocycles. The lowest BCUT2D eigenvalue weighted by atomic mass is 10.2. The van der Waals surface area contributed by atoms with Crippen molar-refractivity contribution in [2.45, 2.75) is 13.0 Å². The molecule has 102 valence electrons. The monoisotopic (exact) mass is 271 g/mol. The van der Waals surface area contributed by atoms with Gasteiger partial charge in [-0.1, -0.05) is 0 Å². The van der Waals surface area contributed by atoms with Crippen molar-refractivity contribution in [2.75, 3.05) is 18.5 Å². The van der Waals surface area contributed by atoms with Gasteiger partial charge in [0, 0.05) is 31.4 Å². The minimum Gasteiger partial charge on any atom is -0.427 e. The smallest absolute Gasteiger partial charge is 0.387 e. The van der Waals surface area contributed by atoms with Gasteiger partial charge in [0.1, 0.15) is 0 Å². The Kier molecular flexibility index (Phi) is 5.00. The van der Waals surface area contributed by atoms with Gasteiger partial charge in [0.2, 0.25) is 5.75 Å². The zero-order valence-corrected chi connectivity index (χ0v) is 10.0. The zero-order chi connectivity index (χ0) is 14.4. The average Bonchev–Trinajstić information content (AvgIpc) is 2.34. The summed E-state index contributed by atoms with van der Waals surface area (Å²) in [6, 6.07) is 5.60. The fraction of sp³-hybridized carbons (Fsp3) is 0.364. The first kappa shape index (κ1) is 14.6. The van der Waals surface area contributed by atoms with Crippen LogP contribution in [-0.2, 0) is 0 Å². The van der Waals surface area contributed by atoms with E-state index in [9.17, 15) is 18.9 Å². The van der Waals surface area contributed by atoms with E-state index < -0.39 is 23.0 Å². The third kappa shape index (κ3) is 4.06. The summed E-state index contributed by atoms with van der Waals surface area (Å²) in [7, 11) is 1.64. The van der Waals surface area contributed by atoms with Gasteiger partial charge in [0.25, 0.3) is 0 Å². The molecule has 8 heteroatoms. The molecule has 1 aromatic carbocycles. The number of hydrogen-bond donors (Lipinski definition) is 0. The maximum Gasteiger partial charge on any atom is 0.387 e. The molecule has 0 N–H and O–H groups in total. The van der Waals surface area contributed by atoms with Gasteiger partial charge in [-0.3, -0.25) is 10.1 Å². The number of nitro groups is 1. The highest BCUT2D eigenvalue weighted by atomic mass is 19.3. The van der Waals surface area contributed by atoms with Crippen LogP contribution in [0.3, 0.4) is 0 Å². The summed E-state index contributed by atoms with van der Waals surface area (Å²) in [6.07, 6.45) is 0.249. The van der Waals surface area contributed by atoms with Gasteiger partial charge >= 0.3 is 12.3 Å². The van der Waals surface area contributed by atoms with Crippen LogP contribution in [0, 0.1) is 21.4 Å². The van der Waals surface area contributed by atoms with Crippen LogP contribution in [0.25, 0.3) is 0 Å². The number of nitrogens with zero attached hydrogens (tertiary/aromatic N) is 3. The molecule has 1 aromatic rings. The molecule has 0 aliphatic rings. The van der Waals surface area contributed by atoms with Crippen LogP contribution in [0.15, 0.2) is 18.2 Å². The number of anilines is 1. The van der Waals surface area contributed by atoms with Gasteiger partial charge < -0.3 is 9.64 Å². The van der Waals surface area contributed by atoms with Crippen molar-refractivity contribution in [3.8, 4) is 11.8 Å². The van der Waals surface area contributed by atoms with Crippen LogP contribution in [0.1, 0.15) is 6.42 Å². The Morgan fingerprint density at radius 2 is 2.26 bits per heavy atom. The highest BCUT2D eigenvalue weighted by Gasteiger charge is 2.19. The Balaban J connectivity index is 3.04. The number of halogens is 2. The molecular formula is C11H11F2N3O3. The summed E-state index contributed by atoms with van der Waals surface area (Å²) >= 11 is 0. The number of ether oxygens (including phenoxy) is 1. The lowest BCUT2D eigenvalue weighted by Crippen LogP contribution is -2.18. The Morgan fingerprint density at radius 1 is 1.58 bits per heavy atom. The normalized spacial score (nSPS) is 10.1. The molecule has 0 fully saturated rings. The van der Waals surface area contributed by atoms with Crippen molar-refractivity contribution < 1.29 is 18.4 Å². The highest BCUT2D eigenvalue weighted by molar-refractivity contribution is 5.59. The molecule has 0 amide bonds. The number of nitriles is 1. The predicted molar refractivity (Wildman–Crippen MR) is 63.2 cm³/mol. The first-order valence-corrected chi connectivity index (χ1v) is 5.27. The summed E-state index contributed by atoms with van der Waals surface area (Å²) in [6.45, 7) is -2.76. The van der Waals surface area contributed by atoms with E-state index >= 15 is 0 Å². The van der Waals surface area contributed by atoms with Crippen LogP contribution in [0.2, 0.25) is 0 Å². The largest absolute Gasteiger partial charge is 0.427 e. The number of hydrogen-bond acceptors (Lipinski definition) is 5. The van der Waals surface area contributed by atoms with Gasteiger partial charge in [-0.2, -0.15) is 14.0 Å². The van der Waals surface area contributed by atoms with E-state index in [1.165, 1.54) is 6.07 Å². The van der Waals surface area contributed by atoms with Crippen molar-refractivity contribution in [2.24, 2.45) is 0 Å². The Morgan fingerprint density at radius 3 is 2.79 bits per heavy atom. The van der Waals surface area contributed by atoms with Gasteiger partial charge in [0.05, 0.1) is 17.4 Å². The Labute approximate surface area is 108 Å². The number of nitro benzene ring substituents is 1. The second kappa shape index (κ2) is 6.49. The standard InChI is InChI=1S/C11H11F2N3O3/c1-15(6-2-5-14)8-3-4-9(16(17)18)10(7-8)19-11(12)13/h3-4,7,11H,2,6H2,1H3. The van der Waals surface area contributed by atoms with E-state index in [2.05, 4.69) is 4.74 Å². The van der Waals surface area contributed by atoms with Gasteiger partial charge in [-0.15, -0.1) is 0 Å². The van der Waals surface area contributed by atoms with Gasteiger partial charge in [-0.25, -0.2) is 0 Å². The Bertz CT molecular complexity index is 502. The quantitative estimate of drug-likeness (QED) is 0.586. The maximum atomic E-state index is 12.2. The SMILES string of the molecule is CN(CCC#N)c1ccc([N+](=O)[O-])c(OC(F)F)c1. The molecule has 0 atom stereocenters. The number of alkyl halides is 2. The lowest BCUT2D eigenvalue weighted by molar-refractivity contribution is -0.386. The van der Waals surface area contributed by atoms with E-state index in [1.807, 2.05) is 6.07 Å². The zero-order valence-electron chi connectivity index (χ0n) is 10.0. The third-order valence-electron chi connectivity index (χ3n) is 2.36. The summed E-state index contributed by atoms with van der Waals surface area (Å²) in [5.74, 6) is -0.499. The molecule has 19 heavy (non-hydrogen) atoms. The lowest BCUT2D eigenvalue weighted by Gasteiger charge is -2.18. The van der Waals surface area contributed by atoms with Crippen molar-refractivity contribution >= 4 is 11.4 Å². The summed E-state index contributed by atoms with van der Waals surface area (Å²) in [4.78, 5) is 11.5. The molecule has 0 radical (unpaired) electrons. The average molecular weight is 271 g/mol. The minimum absolute atomic E-state index is 0.249. The van der Waals surface area contributed by atoms with Crippen molar-refractivity contribution in [3.63, 3.8) is 0 Å². The van der Waals surface area contributed by atoms with Crippen molar-refractivity contribution in [3.05, 3.63) is 28.3 Å². The fourth-order valence-electron chi connectivity index (χ4n) is 1.43. The second-order valence-corrected chi connectivity index (χ2v) is 3.62. The van der Waals surface area contributed by atoms with E-state index in [0.29, 0.717) is 12.2 Å². The molecule has 0 spiro atoms. The molecule has 0 aromatic heterocycles. The molecule has 0 aliphatic carbocycles. The molecule has 0 saturated heterocycles. The first-order valence-electron chi connectivity index (χ1n) is 5.27. The third-order valence-corrected chi connectivity index (χ3v) is 2.36. The van der Waals surface area contributed by atoms with E-state index in [0.717, 1.165) is 12.1 Å². The highest BCUT2D eigenvalue weighted by Crippen LogP contribution is 2.32. The summed E-state index contributed by atoms with van der Waals surface area (Å²) in [5.41, 5.74) is -0.0748. The van der Waals surface area contributed by atoms with Crippen LogP contribution in [0.4, 0.5) is 20.2 Å². The topological polar surface area (TPSA) is 79.4 Å². The van der Waals surface area contributed by atoms with Gasteiger partial charge in [-0.05, 0) is 6.07 Å². The maximum absolute atomic E-state index is 12.2. The molecule has 0 unspecified atom stereocenters. The van der Waals surface area contributed by atoms with Crippen molar-refractivity contribution in [1.29, 1.82) is 5.26 Å². The van der Waals surface area contributed by atoms with E-state index in [-0.39, 0.29) is 6.42 Å². The number of benzene rings is 1.